The lowest BCUT2D eigenvalue weighted by Gasteiger charge is -2.38. The van der Waals surface area contributed by atoms with Gasteiger partial charge in [0, 0.05) is 16.5 Å². The van der Waals surface area contributed by atoms with E-state index in [0.29, 0.717) is 39.2 Å². The van der Waals surface area contributed by atoms with E-state index in [9.17, 15) is 28.0 Å². The molecule has 0 spiro atoms. The van der Waals surface area contributed by atoms with Crippen LogP contribution in [-0.2, 0) is 10.1 Å². The molecule has 0 saturated heterocycles. The molecule has 0 unspecified atom stereocenters. The topological polar surface area (TPSA) is 124 Å². The van der Waals surface area contributed by atoms with Gasteiger partial charge in [-0.2, -0.15) is 0 Å². The summed E-state index contributed by atoms with van der Waals surface area (Å²) < 4.78 is 40.9. The van der Waals surface area contributed by atoms with Gasteiger partial charge in [-0.1, -0.05) is 23.7 Å². The van der Waals surface area contributed by atoms with Crippen LogP contribution in [0.2, 0.25) is 5.02 Å². The summed E-state index contributed by atoms with van der Waals surface area (Å²) >= 11 is 7.74. The zero-order valence-electron chi connectivity index (χ0n) is 17.9. The number of ether oxygens (including phenoxy) is 1. The molecule has 2 N–H and O–H groups in total. The van der Waals surface area contributed by atoms with E-state index < -0.39 is 15.9 Å². The van der Waals surface area contributed by atoms with Crippen molar-refractivity contribution in [3.63, 3.8) is 0 Å². The number of fused-ring (bicyclic) bond motifs is 2. The van der Waals surface area contributed by atoms with Gasteiger partial charge in [0.2, 0.25) is 0 Å². The van der Waals surface area contributed by atoms with Crippen molar-refractivity contribution in [1.29, 1.82) is 0 Å². The number of hydrogen-bond donors (Lipinski definition) is 2. The zero-order valence-corrected chi connectivity index (χ0v) is 20.3. The van der Waals surface area contributed by atoms with Crippen LogP contribution < -0.4 is 10.2 Å². The van der Waals surface area contributed by atoms with Gasteiger partial charge in [-0.05, 0) is 24.3 Å². The monoisotopic (exact) mass is 515 g/mol. The minimum absolute atomic E-state index is 0.00440. The second kappa shape index (κ2) is 11.1. The van der Waals surface area contributed by atoms with Crippen LogP contribution in [0.15, 0.2) is 41.2 Å². The first-order valence-electron chi connectivity index (χ1n) is 10.5. The maximum atomic E-state index is 13.0. The number of rotatable bonds is 12. The summed E-state index contributed by atoms with van der Waals surface area (Å²) in [4.78, 5) is 13.0. The maximum Gasteiger partial charge on any atom is 0.197 e. The highest BCUT2D eigenvalue weighted by atomic mass is 35.5. The van der Waals surface area contributed by atoms with Gasteiger partial charge in [0.05, 0.1) is 53.8 Å². The molecule has 0 bridgehead atoms. The first-order valence-corrected chi connectivity index (χ1v) is 13.2. The molecule has 0 radical (unpaired) electrons. The molecule has 180 valence electrons. The van der Waals surface area contributed by atoms with Crippen LogP contribution in [0, 0.1) is 0 Å². The van der Waals surface area contributed by atoms with E-state index in [1.807, 2.05) is 12.1 Å². The summed E-state index contributed by atoms with van der Waals surface area (Å²) in [5.74, 6) is -0.0525. The highest BCUT2D eigenvalue weighted by Gasteiger charge is 2.27. The van der Waals surface area contributed by atoms with E-state index in [-0.39, 0.29) is 49.4 Å². The first kappa shape index (κ1) is 25.8. The van der Waals surface area contributed by atoms with Crippen molar-refractivity contribution in [2.45, 2.75) is 6.42 Å². The number of quaternary nitrogens is 1. The summed E-state index contributed by atoms with van der Waals surface area (Å²) in [5, 5.41) is 20.3. The Morgan fingerprint density at radius 2 is 1.73 bits per heavy atom. The Balaban J connectivity index is 1.79. The van der Waals surface area contributed by atoms with Gasteiger partial charge in [-0.15, -0.1) is 11.3 Å². The van der Waals surface area contributed by atoms with Gasteiger partial charge in [0.1, 0.15) is 29.0 Å². The molecular weight excluding hydrogens is 490 g/mol. The van der Waals surface area contributed by atoms with Crippen LogP contribution in [0.1, 0.15) is 6.42 Å². The van der Waals surface area contributed by atoms with Gasteiger partial charge in [-0.3, -0.25) is 4.79 Å². The fourth-order valence-corrected chi connectivity index (χ4v) is 6.02. The lowest BCUT2D eigenvalue weighted by atomic mass is 10.2. The Labute approximate surface area is 200 Å². The van der Waals surface area contributed by atoms with E-state index in [1.165, 1.54) is 11.3 Å². The van der Waals surface area contributed by atoms with Crippen molar-refractivity contribution in [1.82, 2.24) is 0 Å². The molecule has 1 aromatic heterocycles. The molecule has 1 heterocycles. The average Bonchev–Trinajstić information content (AvgIpc) is 2.76. The van der Waals surface area contributed by atoms with E-state index >= 15 is 0 Å². The van der Waals surface area contributed by atoms with Crippen molar-refractivity contribution in [3.8, 4) is 5.75 Å². The second-order valence-corrected chi connectivity index (χ2v) is 10.8. The molecule has 0 saturated carbocycles. The fraction of sp³-hybridized carbons (Fsp3) is 0.409. The second-order valence-electron chi connectivity index (χ2n) is 7.82. The Bertz CT molecular complexity index is 1270. The van der Waals surface area contributed by atoms with Crippen LogP contribution >= 0.6 is 22.9 Å². The number of aliphatic hydroxyl groups excluding tert-OH is 2. The summed E-state index contributed by atoms with van der Waals surface area (Å²) in [6.45, 7) is 0.684. The quantitative estimate of drug-likeness (QED) is 0.164. The van der Waals surface area contributed by atoms with Gasteiger partial charge >= 0.3 is 0 Å². The summed E-state index contributed by atoms with van der Waals surface area (Å²) in [6, 6.07) is 10.6. The van der Waals surface area contributed by atoms with Gasteiger partial charge in [0.25, 0.3) is 0 Å². The number of nitrogens with zero attached hydrogens (tertiary/aromatic N) is 1. The molecule has 8 nitrogen and oxygen atoms in total. The van der Waals surface area contributed by atoms with Crippen LogP contribution in [-0.4, -0.2) is 79.4 Å². The van der Waals surface area contributed by atoms with Crippen molar-refractivity contribution in [2.24, 2.45) is 0 Å². The molecule has 33 heavy (non-hydrogen) atoms. The van der Waals surface area contributed by atoms with E-state index in [4.69, 9.17) is 16.3 Å². The third-order valence-corrected chi connectivity index (χ3v) is 7.82. The molecule has 3 aromatic rings. The largest absolute Gasteiger partial charge is 0.748 e. The Morgan fingerprint density at radius 1 is 1.03 bits per heavy atom. The Morgan fingerprint density at radius 3 is 2.39 bits per heavy atom. The van der Waals surface area contributed by atoms with Crippen molar-refractivity contribution < 1.29 is 32.4 Å². The predicted octanol–water partition coefficient (Wildman–Crippen LogP) is 2.18. The average molecular weight is 516 g/mol. The smallest absolute Gasteiger partial charge is 0.197 e. The molecule has 0 aliphatic heterocycles. The van der Waals surface area contributed by atoms with E-state index in [0.717, 1.165) is 4.70 Å². The van der Waals surface area contributed by atoms with Crippen molar-refractivity contribution in [2.75, 3.05) is 51.8 Å². The first-order chi connectivity index (χ1) is 15.7. The molecule has 11 heteroatoms. The molecule has 0 aliphatic carbocycles. The molecule has 3 rings (SSSR count). The highest BCUT2D eigenvalue weighted by Crippen LogP contribution is 2.35. The minimum Gasteiger partial charge on any atom is -0.748 e. The number of hydrogen-bond acceptors (Lipinski definition) is 8. The number of aliphatic hydroxyl groups is 2. The van der Waals surface area contributed by atoms with Crippen LogP contribution in [0.4, 0.5) is 0 Å². The molecule has 0 aliphatic rings. The summed E-state index contributed by atoms with van der Waals surface area (Å²) in [6.07, 6.45) is 0.478. The molecular formula is C22H26ClNO7S2. The van der Waals surface area contributed by atoms with Crippen LogP contribution in [0.3, 0.4) is 0 Å². The highest BCUT2D eigenvalue weighted by molar-refractivity contribution is 7.85. The standard InChI is InChI=1S/C22H26ClNO7S2/c23-17-6-7-18(22-20(17)21(27)16-4-1-2-5-19(16)32-22)31-14-3-8-24(9-12-25,10-13-26)11-15-33(28,29)30/h1-2,4-7,25-26H,3,8-15H2. The van der Waals surface area contributed by atoms with Gasteiger partial charge in [-0.25, -0.2) is 8.42 Å². The summed E-state index contributed by atoms with van der Waals surface area (Å²) in [7, 11) is -4.42. The SMILES string of the molecule is O=c1c2ccccc2sc2c(OCCC[N+](CCO)(CCO)CCS(=O)(=O)[O-])ccc(Cl)c12. The number of benzene rings is 2. The zero-order chi connectivity index (χ0) is 24.1. The maximum absolute atomic E-state index is 13.0. The van der Waals surface area contributed by atoms with Gasteiger partial charge < -0.3 is 24.0 Å². The fourth-order valence-electron chi connectivity index (χ4n) is 3.94. The Kier molecular flexibility index (Phi) is 8.68. The summed E-state index contributed by atoms with van der Waals surface area (Å²) in [5.41, 5.74) is -0.157. The molecule has 2 aromatic carbocycles. The van der Waals surface area contributed by atoms with Gasteiger partial charge in [0.15, 0.2) is 5.43 Å². The molecule has 0 atom stereocenters. The molecule has 0 amide bonds. The lowest BCUT2D eigenvalue weighted by Crippen LogP contribution is -2.54. The number of halogens is 1. The Hall–Kier alpha value is -1.79. The minimum atomic E-state index is -4.42. The molecule has 0 fully saturated rings. The normalized spacial score (nSPS) is 12.5. The third kappa shape index (κ3) is 6.42. The van der Waals surface area contributed by atoms with Crippen molar-refractivity contribution >= 4 is 53.2 Å². The van der Waals surface area contributed by atoms with Crippen molar-refractivity contribution in [3.05, 3.63) is 51.6 Å². The van der Waals surface area contributed by atoms with Crippen LogP contribution in [0.25, 0.3) is 20.2 Å². The lowest BCUT2D eigenvalue weighted by molar-refractivity contribution is -0.926. The van der Waals surface area contributed by atoms with Crippen LogP contribution in [0.5, 0.6) is 5.75 Å². The van der Waals surface area contributed by atoms with E-state index in [2.05, 4.69) is 0 Å². The predicted molar refractivity (Wildman–Crippen MR) is 129 cm³/mol. The van der Waals surface area contributed by atoms with E-state index in [1.54, 1.807) is 24.3 Å². The third-order valence-electron chi connectivity index (χ3n) is 5.64.